The van der Waals surface area contributed by atoms with Crippen LogP contribution >= 0.6 is 11.3 Å². The van der Waals surface area contributed by atoms with Gasteiger partial charge in [-0.05, 0) is 43.9 Å². The Morgan fingerprint density at radius 1 is 1.17 bits per heavy atom. The highest BCUT2D eigenvalue weighted by molar-refractivity contribution is 7.89. The number of sulfonamides is 1. The summed E-state index contributed by atoms with van der Waals surface area (Å²) in [7, 11) is -2.33. The number of hydrogen-bond donors (Lipinski definition) is 1. The highest BCUT2D eigenvalue weighted by Crippen LogP contribution is 2.42. The largest absolute Gasteiger partial charge is 0.495 e. The predicted molar refractivity (Wildman–Crippen MR) is 110 cm³/mol. The third-order valence-electron chi connectivity index (χ3n) is 5.20. The molecule has 1 saturated heterocycles. The lowest BCUT2D eigenvalue weighted by atomic mass is 10.2. The molecular formula is C19H24N4O4S2. The number of amides is 1. The average molecular weight is 437 g/mol. The van der Waals surface area contributed by atoms with Gasteiger partial charge in [0.2, 0.25) is 15.2 Å². The van der Waals surface area contributed by atoms with Gasteiger partial charge in [0.05, 0.1) is 7.11 Å². The summed E-state index contributed by atoms with van der Waals surface area (Å²) in [5.41, 5.74) is 0.238. The fourth-order valence-electron chi connectivity index (χ4n) is 3.39. The van der Waals surface area contributed by atoms with Crippen LogP contribution in [0.25, 0.3) is 0 Å². The van der Waals surface area contributed by atoms with E-state index in [-0.39, 0.29) is 16.2 Å². The maximum absolute atomic E-state index is 13.2. The van der Waals surface area contributed by atoms with Crippen molar-refractivity contribution in [3.63, 3.8) is 0 Å². The van der Waals surface area contributed by atoms with E-state index >= 15 is 0 Å². The Hall–Kier alpha value is -2.04. The molecule has 0 atom stereocenters. The number of nitrogens with one attached hydrogen (secondary N) is 1. The van der Waals surface area contributed by atoms with Crippen LogP contribution in [0.1, 0.15) is 59.8 Å². The van der Waals surface area contributed by atoms with Gasteiger partial charge in [-0.3, -0.25) is 10.1 Å². The van der Waals surface area contributed by atoms with Gasteiger partial charge in [-0.1, -0.05) is 24.2 Å². The first-order valence-corrected chi connectivity index (χ1v) is 12.1. The molecular weight excluding hydrogens is 412 g/mol. The van der Waals surface area contributed by atoms with Crippen LogP contribution in [-0.2, 0) is 10.0 Å². The maximum Gasteiger partial charge on any atom is 0.257 e. The first-order valence-electron chi connectivity index (χ1n) is 9.82. The minimum atomic E-state index is -3.75. The van der Waals surface area contributed by atoms with Gasteiger partial charge in [0.15, 0.2) is 0 Å². The smallest absolute Gasteiger partial charge is 0.257 e. The number of ether oxygens (including phenoxy) is 1. The zero-order chi connectivity index (χ0) is 20.4. The van der Waals surface area contributed by atoms with E-state index in [1.54, 1.807) is 6.07 Å². The van der Waals surface area contributed by atoms with Crippen molar-refractivity contribution < 1.29 is 17.9 Å². The quantitative estimate of drug-likeness (QED) is 0.746. The van der Waals surface area contributed by atoms with E-state index in [0.717, 1.165) is 43.5 Å². The molecule has 0 unspecified atom stereocenters. The first-order chi connectivity index (χ1) is 14.0. The van der Waals surface area contributed by atoms with E-state index in [4.69, 9.17) is 4.74 Å². The van der Waals surface area contributed by atoms with Crippen LogP contribution in [0.2, 0.25) is 0 Å². The van der Waals surface area contributed by atoms with Crippen LogP contribution in [0, 0.1) is 0 Å². The summed E-state index contributed by atoms with van der Waals surface area (Å²) in [6.07, 6.45) is 5.94. The lowest BCUT2D eigenvalue weighted by Crippen LogP contribution is -2.32. The van der Waals surface area contributed by atoms with Crippen LogP contribution in [0.5, 0.6) is 5.75 Å². The first kappa shape index (κ1) is 20.2. The molecule has 4 rings (SSSR count). The molecule has 10 heteroatoms. The number of nitrogens with zero attached hydrogens (tertiary/aromatic N) is 3. The van der Waals surface area contributed by atoms with Gasteiger partial charge in [0, 0.05) is 24.6 Å². The number of anilines is 1. The third kappa shape index (κ3) is 4.44. The van der Waals surface area contributed by atoms with Crippen molar-refractivity contribution in [3.8, 4) is 5.75 Å². The number of hydrogen-bond acceptors (Lipinski definition) is 7. The van der Waals surface area contributed by atoms with E-state index in [1.165, 1.54) is 34.9 Å². The second-order valence-corrected chi connectivity index (χ2v) is 10.3. The summed E-state index contributed by atoms with van der Waals surface area (Å²) >= 11 is 1.36. The number of rotatable bonds is 6. The van der Waals surface area contributed by atoms with Crippen molar-refractivity contribution in [2.24, 2.45) is 0 Å². The molecule has 1 aliphatic heterocycles. The molecule has 156 valence electrons. The monoisotopic (exact) mass is 436 g/mol. The topological polar surface area (TPSA) is 101 Å². The molecule has 29 heavy (non-hydrogen) atoms. The molecule has 1 aromatic heterocycles. The van der Waals surface area contributed by atoms with Crippen molar-refractivity contribution in [3.05, 3.63) is 28.8 Å². The molecule has 0 radical (unpaired) electrons. The summed E-state index contributed by atoms with van der Waals surface area (Å²) < 4.78 is 33.2. The number of benzene rings is 1. The highest BCUT2D eigenvalue weighted by atomic mass is 32.2. The normalized spacial score (nSPS) is 18.2. The van der Waals surface area contributed by atoms with Gasteiger partial charge in [-0.2, -0.15) is 4.31 Å². The summed E-state index contributed by atoms with van der Waals surface area (Å²) in [6, 6.07) is 4.46. The maximum atomic E-state index is 13.2. The Bertz CT molecular complexity index is 993. The summed E-state index contributed by atoms with van der Waals surface area (Å²) in [6.45, 7) is 0.966. The van der Waals surface area contributed by atoms with Crippen molar-refractivity contribution in [1.82, 2.24) is 14.5 Å². The third-order valence-corrected chi connectivity index (χ3v) is 8.12. The Labute approximate surface area is 174 Å². The molecule has 2 fully saturated rings. The molecule has 2 aromatic rings. The highest BCUT2D eigenvalue weighted by Gasteiger charge is 2.30. The van der Waals surface area contributed by atoms with Gasteiger partial charge in [0.25, 0.3) is 5.91 Å². The van der Waals surface area contributed by atoms with Gasteiger partial charge >= 0.3 is 0 Å². The Morgan fingerprint density at radius 2 is 1.90 bits per heavy atom. The summed E-state index contributed by atoms with van der Waals surface area (Å²) in [5, 5.41) is 12.2. The molecule has 8 nitrogen and oxygen atoms in total. The lowest BCUT2D eigenvalue weighted by Gasteiger charge is -2.21. The van der Waals surface area contributed by atoms with Crippen molar-refractivity contribution in [2.45, 2.75) is 49.3 Å². The number of methoxy groups -OCH3 is 1. The molecule has 1 N–H and O–H groups in total. The molecule has 1 aromatic carbocycles. The lowest BCUT2D eigenvalue weighted by molar-refractivity contribution is 0.102. The van der Waals surface area contributed by atoms with Crippen LogP contribution < -0.4 is 10.1 Å². The van der Waals surface area contributed by atoms with E-state index in [1.807, 2.05) is 0 Å². The molecule has 1 aliphatic carbocycles. The van der Waals surface area contributed by atoms with Crippen molar-refractivity contribution >= 4 is 32.4 Å². The van der Waals surface area contributed by atoms with Crippen molar-refractivity contribution in [1.29, 1.82) is 0 Å². The average Bonchev–Trinajstić information content (AvgIpc) is 3.52. The molecule has 1 saturated carbocycles. The minimum absolute atomic E-state index is 0.0190. The molecule has 0 spiro atoms. The van der Waals surface area contributed by atoms with Crippen LogP contribution in [0.3, 0.4) is 0 Å². The zero-order valence-corrected chi connectivity index (χ0v) is 17.9. The second-order valence-electron chi connectivity index (χ2n) is 7.36. The summed E-state index contributed by atoms with van der Waals surface area (Å²) in [4.78, 5) is 12.7. The Morgan fingerprint density at radius 3 is 2.55 bits per heavy atom. The fraction of sp³-hybridized carbons (Fsp3) is 0.526. The van der Waals surface area contributed by atoms with Gasteiger partial charge in [0.1, 0.15) is 15.7 Å². The minimum Gasteiger partial charge on any atom is -0.495 e. The second kappa shape index (κ2) is 8.37. The van der Waals surface area contributed by atoms with Crippen LogP contribution in [-0.4, -0.2) is 49.0 Å². The van der Waals surface area contributed by atoms with E-state index in [0.29, 0.717) is 24.1 Å². The molecule has 2 aliphatic rings. The van der Waals surface area contributed by atoms with Crippen molar-refractivity contribution in [2.75, 3.05) is 25.5 Å². The molecule has 0 bridgehead atoms. The number of aromatic nitrogens is 2. The Kier molecular flexibility index (Phi) is 5.84. The van der Waals surface area contributed by atoms with E-state index in [9.17, 15) is 13.2 Å². The predicted octanol–water partition coefficient (Wildman–Crippen LogP) is 3.24. The number of carbonyl (C=O) groups excluding carboxylic acids is 1. The molecule has 2 heterocycles. The number of carbonyl (C=O) groups is 1. The zero-order valence-electron chi connectivity index (χ0n) is 16.3. The van der Waals surface area contributed by atoms with E-state index < -0.39 is 15.9 Å². The van der Waals surface area contributed by atoms with Crippen LogP contribution in [0.4, 0.5) is 5.13 Å². The van der Waals surface area contributed by atoms with Gasteiger partial charge in [-0.15, -0.1) is 10.2 Å². The standard InChI is InChI=1S/C19H24N4O4S2/c1-27-15-9-8-14(17(24)20-19-22-21-18(28-19)13-6-7-13)12-16(15)29(25,26)23-10-4-2-3-5-11-23/h8-9,12-13H,2-7,10-11H2,1H3,(H,20,22,24). The SMILES string of the molecule is COc1ccc(C(=O)Nc2nnc(C3CC3)s2)cc1S(=O)(=O)N1CCCCCC1. The van der Waals surface area contributed by atoms with Crippen LogP contribution in [0.15, 0.2) is 23.1 Å². The molecule has 1 amide bonds. The summed E-state index contributed by atoms with van der Waals surface area (Å²) in [5.74, 6) is 0.278. The van der Waals surface area contributed by atoms with E-state index in [2.05, 4.69) is 15.5 Å². The van der Waals surface area contributed by atoms with Gasteiger partial charge < -0.3 is 4.74 Å². The van der Waals surface area contributed by atoms with Gasteiger partial charge in [-0.25, -0.2) is 8.42 Å². The fourth-order valence-corrected chi connectivity index (χ4v) is 6.00. The Balaban J connectivity index is 1.58.